The van der Waals surface area contributed by atoms with Crippen molar-refractivity contribution in [2.24, 2.45) is 0 Å². The summed E-state index contributed by atoms with van der Waals surface area (Å²) in [5.74, 6) is -0.487. The van der Waals surface area contributed by atoms with Crippen molar-refractivity contribution in [2.45, 2.75) is 5.56 Å². The van der Waals surface area contributed by atoms with E-state index in [1.807, 2.05) is 0 Å². The molecule has 0 bridgehead atoms. The Labute approximate surface area is 89.3 Å². The molecule has 68 valence electrons. The minimum atomic E-state index is -0.799. The van der Waals surface area contributed by atoms with E-state index in [2.05, 4.69) is 0 Å². The van der Waals surface area contributed by atoms with E-state index in [9.17, 15) is 4.79 Å². The zero-order valence-electron chi connectivity index (χ0n) is 6.18. The third kappa shape index (κ3) is 1.39. The molecule has 5 heteroatoms. The quantitative estimate of drug-likeness (QED) is 0.511. The van der Waals surface area contributed by atoms with Gasteiger partial charge in [0.1, 0.15) is 0 Å². The van der Waals surface area contributed by atoms with Gasteiger partial charge in [0.2, 0.25) is 5.56 Å². The molecule has 0 fully saturated rings. The fourth-order valence-corrected chi connectivity index (χ4v) is 2.17. The number of hydrogen-bond acceptors (Lipinski definition) is 2. The van der Waals surface area contributed by atoms with Crippen LogP contribution in [0.15, 0.2) is 12.1 Å². The van der Waals surface area contributed by atoms with Gasteiger partial charge in [-0.3, -0.25) is 0 Å². The van der Waals surface area contributed by atoms with Gasteiger partial charge in [-0.05, 0) is 12.1 Å². The summed E-state index contributed by atoms with van der Waals surface area (Å²) in [5.41, 5.74) is 0.0440. The molecule has 0 saturated carbocycles. The average Bonchev–Trinajstić information content (AvgIpc) is 2.27. The molecule has 1 heterocycles. The lowest BCUT2D eigenvalue weighted by molar-refractivity contribution is 0.0513. The van der Waals surface area contributed by atoms with E-state index < -0.39 is 11.5 Å². The number of alkyl halides is 1. The number of cyclic esters (lactones) is 1. The second-order valence-corrected chi connectivity index (χ2v) is 3.81. The molecule has 0 radical (unpaired) electrons. The van der Waals surface area contributed by atoms with Crippen LogP contribution >= 0.6 is 34.8 Å². The number of benzene rings is 1. The van der Waals surface area contributed by atoms with Gasteiger partial charge in [-0.1, -0.05) is 34.8 Å². The number of halogens is 3. The zero-order valence-corrected chi connectivity index (χ0v) is 8.45. The summed E-state index contributed by atoms with van der Waals surface area (Å²) in [6, 6.07) is 3.02. The second kappa shape index (κ2) is 3.05. The number of ether oxygens (including phenoxy) is 1. The summed E-state index contributed by atoms with van der Waals surface area (Å²) in [5, 5.41) is 0.750. The molecule has 1 aromatic carbocycles. The molecule has 0 N–H and O–H groups in total. The summed E-state index contributed by atoms with van der Waals surface area (Å²) in [6.45, 7) is 0. The molecule has 13 heavy (non-hydrogen) atoms. The first-order valence-corrected chi connectivity index (χ1v) is 4.63. The molecular formula is C8H3Cl3O2. The van der Waals surface area contributed by atoms with E-state index >= 15 is 0 Å². The van der Waals surface area contributed by atoms with Gasteiger partial charge in [0, 0.05) is 10.6 Å². The van der Waals surface area contributed by atoms with Crippen LogP contribution in [0.4, 0.5) is 0 Å². The third-order valence-corrected chi connectivity index (χ3v) is 2.59. The number of fused-ring (bicyclic) bond motifs is 1. The highest BCUT2D eigenvalue weighted by molar-refractivity contribution is 6.37. The highest BCUT2D eigenvalue weighted by Crippen LogP contribution is 2.39. The maximum atomic E-state index is 11.2. The largest absolute Gasteiger partial charge is 0.438 e. The Morgan fingerprint density at radius 3 is 2.69 bits per heavy atom. The second-order valence-electron chi connectivity index (χ2n) is 2.57. The molecule has 0 saturated heterocycles. The topological polar surface area (TPSA) is 26.3 Å². The Hall–Kier alpha value is -0.440. The zero-order chi connectivity index (χ0) is 9.59. The van der Waals surface area contributed by atoms with Crippen molar-refractivity contribution >= 4 is 40.8 Å². The molecule has 2 rings (SSSR count). The van der Waals surface area contributed by atoms with Gasteiger partial charge in [0.25, 0.3) is 0 Å². The minimum Gasteiger partial charge on any atom is -0.438 e. The lowest BCUT2D eigenvalue weighted by Gasteiger charge is -2.02. The molecule has 2 nitrogen and oxygen atoms in total. The molecule has 1 aliphatic heterocycles. The lowest BCUT2D eigenvalue weighted by Crippen LogP contribution is -1.93. The van der Waals surface area contributed by atoms with Crippen LogP contribution in [0.25, 0.3) is 0 Å². The van der Waals surface area contributed by atoms with E-state index in [1.54, 1.807) is 0 Å². The molecule has 1 aliphatic rings. The fourth-order valence-electron chi connectivity index (χ4n) is 1.20. The van der Waals surface area contributed by atoms with E-state index in [-0.39, 0.29) is 0 Å². The Bertz CT molecular complexity index is 389. The van der Waals surface area contributed by atoms with Gasteiger partial charge >= 0.3 is 5.97 Å². The van der Waals surface area contributed by atoms with Gasteiger partial charge in [-0.2, -0.15) is 0 Å². The van der Waals surface area contributed by atoms with Crippen molar-refractivity contribution in [1.29, 1.82) is 0 Å². The maximum Gasteiger partial charge on any atom is 0.340 e. The van der Waals surface area contributed by atoms with Gasteiger partial charge in [0.15, 0.2) is 0 Å². The van der Waals surface area contributed by atoms with Crippen molar-refractivity contribution in [1.82, 2.24) is 0 Å². The SMILES string of the molecule is O=C1OC(Cl)c2c(Cl)cc(Cl)cc21. The van der Waals surface area contributed by atoms with E-state index in [0.29, 0.717) is 21.2 Å². The van der Waals surface area contributed by atoms with Crippen LogP contribution in [0.3, 0.4) is 0 Å². The third-order valence-electron chi connectivity index (χ3n) is 1.75. The predicted molar refractivity (Wildman–Crippen MR) is 50.5 cm³/mol. The first-order chi connectivity index (χ1) is 6.09. The Kier molecular flexibility index (Phi) is 2.14. The van der Waals surface area contributed by atoms with Crippen LogP contribution < -0.4 is 0 Å². The predicted octanol–water partition coefficient (Wildman–Crippen LogP) is 3.40. The average molecular weight is 237 g/mol. The maximum absolute atomic E-state index is 11.2. The van der Waals surface area contributed by atoms with Crippen LogP contribution in [0.2, 0.25) is 10.0 Å². The number of esters is 1. The smallest absolute Gasteiger partial charge is 0.340 e. The van der Waals surface area contributed by atoms with Crippen LogP contribution in [-0.2, 0) is 4.74 Å². The van der Waals surface area contributed by atoms with Crippen LogP contribution in [-0.4, -0.2) is 5.97 Å². The summed E-state index contributed by atoms with van der Waals surface area (Å²) in [7, 11) is 0. The summed E-state index contributed by atoms with van der Waals surface area (Å²) < 4.78 is 4.75. The van der Waals surface area contributed by atoms with Crippen molar-refractivity contribution in [3.05, 3.63) is 33.3 Å². The molecule has 0 aliphatic carbocycles. The Morgan fingerprint density at radius 2 is 2.00 bits per heavy atom. The molecule has 1 unspecified atom stereocenters. The summed E-state index contributed by atoms with van der Waals surface area (Å²) in [6.07, 6.45) is 0. The molecule has 0 spiro atoms. The van der Waals surface area contributed by atoms with Gasteiger partial charge in [0.05, 0.1) is 10.6 Å². The van der Waals surface area contributed by atoms with Gasteiger partial charge in [-0.25, -0.2) is 4.79 Å². The van der Waals surface area contributed by atoms with E-state index in [1.165, 1.54) is 12.1 Å². The van der Waals surface area contributed by atoms with Gasteiger partial charge < -0.3 is 4.74 Å². The molecule has 0 aromatic heterocycles. The Balaban J connectivity index is 2.69. The van der Waals surface area contributed by atoms with Crippen molar-refractivity contribution < 1.29 is 9.53 Å². The van der Waals surface area contributed by atoms with Crippen molar-refractivity contribution in [3.8, 4) is 0 Å². The first-order valence-electron chi connectivity index (χ1n) is 3.43. The van der Waals surface area contributed by atoms with E-state index in [4.69, 9.17) is 39.5 Å². The minimum absolute atomic E-state index is 0.345. The van der Waals surface area contributed by atoms with Gasteiger partial charge in [-0.15, -0.1) is 0 Å². The summed E-state index contributed by atoms with van der Waals surface area (Å²) in [4.78, 5) is 11.2. The number of carbonyl (C=O) groups excluding carboxylic acids is 1. The van der Waals surface area contributed by atoms with Crippen LogP contribution in [0, 0.1) is 0 Å². The highest BCUT2D eigenvalue weighted by Gasteiger charge is 2.32. The first kappa shape index (κ1) is 9.13. The summed E-state index contributed by atoms with van der Waals surface area (Å²) >= 11 is 17.3. The van der Waals surface area contributed by atoms with Crippen LogP contribution in [0.5, 0.6) is 0 Å². The molecule has 1 aromatic rings. The number of rotatable bonds is 0. The van der Waals surface area contributed by atoms with Crippen molar-refractivity contribution in [2.75, 3.05) is 0 Å². The number of carbonyl (C=O) groups is 1. The molecule has 0 amide bonds. The van der Waals surface area contributed by atoms with Crippen molar-refractivity contribution in [3.63, 3.8) is 0 Å². The Morgan fingerprint density at radius 1 is 1.31 bits per heavy atom. The molecular weight excluding hydrogens is 234 g/mol. The fraction of sp³-hybridized carbons (Fsp3) is 0.125. The standard InChI is InChI=1S/C8H3Cl3O2/c9-3-1-4-6(5(10)2-3)7(11)13-8(4)12/h1-2,7H. The normalized spacial score (nSPS) is 19.9. The van der Waals surface area contributed by atoms with E-state index in [0.717, 1.165) is 0 Å². The highest BCUT2D eigenvalue weighted by atomic mass is 35.5. The van der Waals surface area contributed by atoms with Crippen LogP contribution in [0.1, 0.15) is 21.5 Å². The monoisotopic (exact) mass is 236 g/mol. The number of hydrogen-bond donors (Lipinski definition) is 0. The lowest BCUT2D eigenvalue weighted by atomic mass is 10.1. The molecule has 1 atom stereocenters.